The van der Waals surface area contributed by atoms with Crippen molar-refractivity contribution in [2.24, 2.45) is 12.8 Å². The highest BCUT2D eigenvalue weighted by Crippen LogP contribution is 2.19. The minimum Gasteiger partial charge on any atom is -0.315 e. The van der Waals surface area contributed by atoms with Crippen molar-refractivity contribution in [3.8, 4) is 6.07 Å². The van der Waals surface area contributed by atoms with Gasteiger partial charge in [0.2, 0.25) is 0 Å². The second kappa shape index (κ2) is 6.45. The molecule has 1 amide bonds. The number of nitrogens with one attached hydrogen (secondary N) is 1. The molecule has 1 aromatic carbocycles. The van der Waals surface area contributed by atoms with Crippen LogP contribution in [0.1, 0.15) is 17.3 Å². The number of aromatic nitrogens is 3. The molecule has 1 unspecified atom stereocenters. The topological polar surface area (TPSA) is 144 Å². The van der Waals surface area contributed by atoms with Crippen LogP contribution in [0.5, 0.6) is 0 Å². The van der Waals surface area contributed by atoms with Crippen LogP contribution in [0, 0.1) is 11.3 Å². The Kier molecular flexibility index (Phi) is 4.79. The summed E-state index contributed by atoms with van der Waals surface area (Å²) in [6, 6.07) is 4.41. The molecule has 0 radical (unpaired) electrons. The lowest BCUT2D eigenvalue weighted by Crippen LogP contribution is -2.38. The number of carbonyl (C=O) groups excluding carboxylic acids is 1. The summed E-state index contributed by atoms with van der Waals surface area (Å²) >= 11 is 3.11. The van der Waals surface area contributed by atoms with E-state index >= 15 is 0 Å². The van der Waals surface area contributed by atoms with Gasteiger partial charge in [0.25, 0.3) is 15.9 Å². The van der Waals surface area contributed by atoms with E-state index in [4.69, 9.17) is 11.0 Å². The summed E-state index contributed by atoms with van der Waals surface area (Å²) in [6.45, 7) is 0. The summed E-state index contributed by atoms with van der Waals surface area (Å²) in [6.07, 6.45) is 1.41. The van der Waals surface area contributed by atoms with Gasteiger partial charge in [0.05, 0.1) is 22.7 Å². The summed E-state index contributed by atoms with van der Waals surface area (Å²) in [5.41, 5.74) is 5.93. The maximum atomic E-state index is 12.2. The Morgan fingerprint density at radius 1 is 1.48 bits per heavy atom. The van der Waals surface area contributed by atoms with Crippen molar-refractivity contribution in [1.29, 1.82) is 5.26 Å². The summed E-state index contributed by atoms with van der Waals surface area (Å²) in [7, 11) is -2.59. The number of sulfonamides is 1. The summed E-state index contributed by atoms with van der Waals surface area (Å²) in [5, 5.41) is 16.2. The van der Waals surface area contributed by atoms with E-state index < -0.39 is 22.0 Å². The normalized spacial score (nSPS) is 12.4. The third kappa shape index (κ3) is 3.92. The predicted molar refractivity (Wildman–Crippen MR) is 82.1 cm³/mol. The van der Waals surface area contributed by atoms with E-state index in [2.05, 4.69) is 26.2 Å². The third-order valence-corrected chi connectivity index (χ3v) is 4.55. The lowest BCUT2D eigenvalue weighted by molar-refractivity contribution is -0.120. The minimum absolute atomic E-state index is 0.130. The van der Waals surface area contributed by atoms with Crippen molar-refractivity contribution in [2.45, 2.75) is 10.9 Å². The summed E-state index contributed by atoms with van der Waals surface area (Å²) < 4.78 is 28.1. The van der Waals surface area contributed by atoms with E-state index in [0.29, 0.717) is 4.47 Å². The smallest absolute Gasteiger partial charge is 0.264 e. The van der Waals surface area contributed by atoms with Crippen LogP contribution in [0.3, 0.4) is 0 Å². The molecule has 11 heteroatoms. The molecule has 0 fully saturated rings. The zero-order valence-corrected chi connectivity index (χ0v) is 14.2. The minimum atomic E-state index is -4.18. The number of aryl methyl sites for hydroxylation is 1. The van der Waals surface area contributed by atoms with Crippen molar-refractivity contribution < 1.29 is 13.2 Å². The number of benzene rings is 1. The van der Waals surface area contributed by atoms with Gasteiger partial charge in [-0.2, -0.15) is 5.26 Å². The van der Waals surface area contributed by atoms with Crippen molar-refractivity contribution in [3.63, 3.8) is 0 Å². The van der Waals surface area contributed by atoms with Crippen LogP contribution < -0.4 is 10.5 Å². The average molecular weight is 399 g/mol. The molecule has 120 valence electrons. The molecule has 1 aromatic heterocycles. The van der Waals surface area contributed by atoms with E-state index in [1.54, 1.807) is 7.05 Å². The first-order valence-electron chi connectivity index (χ1n) is 6.12. The van der Waals surface area contributed by atoms with Crippen molar-refractivity contribution in [3.05, 3.63) is 40.1 Å². The molecule has 23 heavy (non-hydrogen) atoms. The molecule has 2 aromatic rings. The Morgan fingerprint density at radius 2 is 2.17 bits per heavy atom. The van der Waals surface area contributed by atoms with Gasteiger partial charge in [0.15, 0.2) is 0 Å². The second-order valence-corrected chi connectivity index (χ2v) is 7.15. The highest BCUT2D eigenvalue weighted by molar-refractivity contribution is 9.10. The predicted octanol–water partition coefficient (Wildman–Crippen LogP) is -0.0458. The molecule has 0 aliphatic rings. The Bertz CT molecular complexity index is 902. The highest BCUT2D eigenvalue weighted by atomic mass is 79.9. The first-order valence-corrected chi connectivity index (χ1v) is 8.39. The van der Waals surface area contributed by atoms with E-state index in [1.807, 2.05) is 10.8 Å². The van der Waals surface area contributed by atoms with E-state index in [-0.39, 0.29) is 16.2 Å². The molecular weight excluding hydrogens is 388 g/mol. The molecule has 0 saturated heterocycles. The largest absolute Gasteiger partial charge is 0.315 e. The number of nitriles is 1. The monoisotopic (exact) mass is 398 g/mol. The Balaban J connectivity index is 2.26. The van der Waals surface area contributed by atoms with Crippen molar-refractivity contribution in [2.75, 3.05) is 0 Å². The Labute approximate surface area is 140 Å². The molecular formula is C12H11BrN6O3S. The molecule has 2 rings (SSSR count). The van der Waals surface area contributed by atoms with Gasteiger partial charge >= 0.3 is 0 Å². The van der Waals surface area contributed by atoms with Gasteiger partial charge in [0, 0.05) is 11.5 Å². The molecule has 9 nitrogen and oxygen atoms in total. The van der Waals surface area contributed by atoms with Gasteiger partial charge in [-0.25, -0.2) is 13.1 Å². The zero-order chi connectivity index (χ0) is 17.2. The highest BCUT2D eigenvalue weighted by Gasteiger charge is 2.25. The number of carbonyl (C=O) groups is 1. The second-order valence-electron chi connectivity index (χ2n) is 4.55. The first kappa shape index (κ1) is 17.1. The lowest BCUT2D eigenvalue weighted by atomic mass is 10.2. The first-order chi connectivity index (χ1) is 10.7. The van der Waals surface area contributed by atoms with Crippen molar-refractivity contribution in [1.82, 2.24) is 19.7 Å². The van der Waals surface area contributed by atoms with Crippen LogP contribution in [0.4, 0.5) is 0 Å². The molecule has 3 N–H and O–H groups in total. The molecule has 0 aliphatic heterocycles. The van der Waals surface area contributed by atoms with Crippen LogP contribution in [0.2, 0.25) is 0 Å². The van der Waals surface area contributed by atoms with Gasteiger partial charge in [-0.1, -0.05) is 21.1 Å². The van der Waals surface area contributed by atoms with Gasteiger partial charge in [-0.05, 0) is 18.2 Å². The van der Waals surface area contributed by atoms with Crippen LogP contribution >= 0.6 is 15.9 Å². The summed E-state index contributed by atoms with van der Waals surface area (Å²) in [4.78, 5) is 11.8. The maximum Gasteiger partial charge on any atom is 0.264 e. The fraction of sp³-hybridized carbons (Fsp3) is 0.167. The summed E-state index contributed by atoms with van der Waals surface area (Å²) in [5.74, 6) is -0.955. The molecule has 1 heterocycles. The molecule has 0 bridgehead atoms. The number of hydrogen-bond acceptors (Lipinski definition) is 7. The van der Waals surface area contributed by atoms with E-state index in [9.17, 15) is 13.2 Å². The SMILES string of the molecule is Cn1cc(C(N)C(=O)NS(=O)(=O)c2cc(Br)cc(C#N)c2)nn1. The average Bonchev–Trinajstić information content (AvgIpc) is 2.91. The van der Waals surface area contributed by atoms with Gasteiger partial charge < -0.3 is 5.73 Å². The molecule has 0 aliphatic carbocycles. The number of rotatable bonds is 4. The fourth-order valence-electron chi connectivity index (χ4n) is 1.68. The fourth-order valence-corrected chi connectivity index (χ4v) is 3.40. The number of nitrogens with two attached hydrogens (primary N) is 1. The third-order valence-electron chi connectivity index (χ3n) is 2.77. The number of hydrogen-bond donors (Lipinski definition) is 2. The van der Waals surface area contributed by atoms with Crippen LogP contribution in [-0.4, -0.2) is 29.3 Å². The van der Waals surface area contributed by atoms with Gasteiger partial charge in [-0.3, -0.25) is 9.48 Å². The number of nitrogens with zero attached hydrogens (tertiary/aromatic N) is 4. The number of amides is 1. The Hall–Kier alpha value is -2.29. The van der Waals surface area contributed by atoms with Gasteiger partial charge in [0.1, 0.15) is 11.7 Å². The maximum absolute atomic E-state index is 12.2. The zero-order valence-electron chi connectivity index (χ0n) is 11.8. The van der Waals surface area contributed by atoms with E-state index in [1.165, 1.54) is 23.0 Å². The van der Waals surface area contributed by atoms with E-state index in [0.717, 1.165) is 6.07 Å². The lowest BCUT2D eigenvalue weighted by Gasteiger charge is -2.11. The standard InChI is InChI=1S/C12H11BrN6O3S/c1-19-6-10(16-18-19)11(15)12(20)17-23(21,22)9-3-7(5-14)2-8(13)4-9/h2-4,6,11H,15H2,1H3,(H,17,20). The van der Waals surface area contributed by atoms with Crippen LogP contribution in [0.25, 0.3) is 0 Å². The van der Waals surface area contributed by atoms with Crippen molar-refractivity contribution >= 4 is 31.9 Å². The molecule has 0 spiro atoms. The van der Waals surface area contributed by atoms with Crippen LogP contribution in [0.15, 0.2) is 33.8 Å². The Morgan fingerprint density at radius 3 is 2.74 bits per heavy atom. The van der Waals surface area contributed by atoms with Crippen LogP contribution in [-0.2, 0) is 21.9 Å². The molecule has 0 saturated carbocycles. The number of halogens is 1. The molecule has 1 atom stereocenters. The quantitative estimate of drug-likeness (QED) is 0.734. The van der Waals surface area contributed by atoms with Gasteiger partial charge in [-0.15, -0.1) is 5.10 Å².